The van der Waals surface area contributed by atoms with Crippen LogP contribution in [-0.2, 0) is 16.7 Å². The van der Waals surface area contributed by atoms with Crippen molar-refractivity contribution < 1.29 is 13.5 Å². The van der Waals surface area contributed by atoms with Crippen LogP contribution < -0.4 is 11.5 Å². The van der Waals surface area contributed by atoms with Gasteiger partial charge >= 0.3 is 5.92 Å². The van der Waals surface area contributed by atoms with Crippen molar-refractivity contribution in [3.05, 3.63) is 29.3 Å². The van der Waals surface area contributed by atoms with Crippen molar-refractivity contribution in [3.8, 4) is 0 Å². The number of aryl methyl sites for hydroxylation is 1. The summed E-state index contributed by atoms with van der Waals surface area (Å²) in [6.45, 7) is -0.740. The van der Waals surface area contributed by atoms with Crippen LogP contribution in [0.2, 0.25) is 0 Å². The standard InChI is InChI=1S/C12H13F2N3O/c13-12(14)6-18-10(16)17-11(12)4-3-7-1-2-8(15)5-9(7)11/h1-2,5H,3-4,6,15H2,(H2,16,17). The van der Waals surface area contributed by atoms with Crippen LogP contribution in [0.1, 0.15) is 17.5 Å². The number of anilines is 1. The molecule has 0 radical (unpaired) electrons. The van der Waals surface area contributed by atoms with Crippen molar-refractivity contribution in [1.29, 1.82) is 0 Å². The first-order valence-electron chi connectivity index (χ1n) is 5.69. The fourth-order valence-corrected chi connectivity index (χ4v) is 2.73. The summed E-state index contributed by atoms with van der Waals surface area (Å²) in [7, 11) is 0. The molecule has 1 aromatic carbocycles. The van der Waals surface area contributed by atoms with Gasteiger partial charge in [-0.15, -0.1) is 0 Å². The number of amidine groups is 1. The van der Waals surface area contributed by atoms with Crippen molar-refractivity contribution in [2.45, 2.75) is 24.3 Å². The smallest absolute Gasteiger partial charge is 0.310 e. The minimum absolute atomic E-state index is 0.184. The Hall–Kier alpha value is -1.85. The highest BCUT2D eigenvalue weighted by Gasteiger charge is 2.60. The predicted octanol–water partition coefficient (Wildman–Crippen LogP) is 1.39. The van der Waals surface area contributed by atoms with E-state index >= 15 is 0 Å². The third-order valence-corrected chi connectivity index (χ3v) is 3.64. The molecular formula is C12H13F2N3O. The summed E-state index contributed by atoms with van der Waals surface area (Å²) in [4.78, 5) is 3.92. The zero-order chi connectivity index (χ0) is 13.0. The first kappa shape index (κ1) is 11.3. The highest BCUT2D eigenvalue weighted by atomic mass is 19.3. The van der Waals surface area contributed by atoms with Crippen molar-refractivity contribution in [3.63, 3.8) is 0 Å². The first-order valence-corrected chi connectivity index (χ1v) is 5.69. The number of nitrogen functional groups attached to an aromatic ring is 1. The third kappa shape index (κ3) is 1.31. The molecule has 0 saturated carbocycles. The second-order valence-corrected chi connectivity index (χ2v) is 4.72. The van der Waals surface area contributed by atoms with E-state index in [1.165, 1.54) is 0 Å². The lowest BCUT2D eigenvalue weighted by Gasteiger charge is -2.37. The number of hydrogen-bond acceptors (Lipinski definition) is 4. The molecule has 4 N–H and O–H groups in total. The van der Waals surface area contributed by atoms with Crippen LogP contribution in [0.15, 0.2) is 23.2 Å². The number of ether oxygens (including phenoxy) is 1. The molecular weight excluding hydrogens is 240 g/mol. The zero-order valence-electron chi connectivity index (χ0n) is 9.62. The third-order valence-electron chi connectivity index (χ3n) is 3.64. The Bertz CT molecular complexity index is 544. The Labute approximate surface area is 103 Å². The number of nitrogens with zero attached hydrogens (tertiary/aromatic N) is 1. The topological polar surface area (TPSA) is 73.6 Å². The molecule has 6 heteroatoms. The van der Waals surface area contributed by atoms with Gasteiger partial charge in [0.2, 0.25) is 0 Å². The van der Waals surface area contributed by atoms with Crippen LogP contribution in [0.25, 0.3) is 0 Å². The Balaban J connectivity index is 2.23. The zero-order valence-corrected chi connectivity index (χ0v) is 9.62. The second kappa shape index (κ2) is 3.34. The van der Waals surface area contributed by atoms with Crippen LogP contribution in [-0.4, -0.2) is 18.6 Å². The molecule has 0 aromatic heterocycles. The summed E-state index contributed by atoms with van der Waals surface area (Å²) in [5, 5.41) is 0. The molecule has 0 bridgehead atoms. The molecule has 3 rings (SSSR count). The van der Waals surface area contributed by atoms with E-state index in [1.54, 1.807) is 18.2 Å². The van der Waals surface area contributed by atoms with Crippen molar-refractivity contribution in [2.75, 3.05) is 12.3 Å². The molecule has 4 nitrogen and oxygen atoms in total. The number of fused-ring (bicyclic) bond motifs is 2. The molecule has 1 aliphatic carbocycles. The van der Waals surface area contributed by atoms with E-state index < -0.39 is 18.1 Å². The fraction of sp³-hybridized carbons (Fsp3) is 0.417. The van der Waals surface area contributed by atoms with Gasteiger partial charge < -0.3 is 16.2 Å². The minimum Gasteiger partial charge on any atom is -0.459 e. The maximum Gasteiger partial charge on any atom is 0.310 e. The summed E-state index contributed by atoms with van der Waals surface area (Å²) >= 11 is 0. The van der Waals surface area contributed by atoms with E-state index in [9.17, 15) is 8.78 Å². The van der Waals surface area contributed by atoms with Crippen LogP contribution in [0.5, 0.6) is 0 Å². The second-order valence-electron chi connectivity index (χ2n) is 4.72. The quantitative estimate of drug-likeness (QED) is 0.686. The molecule has 0 saturated heterocycles. The highest BCUT2D eigenvalue weighted by Crippen LogP contribution is 2.52. The van der Waals surface area contributed by atoms with E-state index in [-0.39, 0.29) is 12.4 Å². The van der Waals surface area contributed by atoms with E-state index in [0.717, 1.165) is 5.56 Å². The van der Waals surface area contributed by atoms with E-state index in [1.807, 2.05) is 0 Å². The van der Waals surface area contributed by atoms with Crippen LogP contribution >= 0.6 is 0 Å². The SMILES string of the molecule is NC1=NC2(CCc3ccc(N)cc32)C(F)(F)CO1. The maximum atomic E-state index is 14.2. The van der Waals surface area contributed by atoms with Crippen molar-refractivity contribution >= 4 is 11.7 Å². The number of hydrogen-bond donors (Lipinski definition) is 2. The molecule has 1 atom stereocenters. The van der Waals surface area contributed by atoms with Crippen molar-refractivity contribution in [1.82, 2.24) is 0 Å². The summed E-state index contributed by atoms with van der Waals surface area (Å²) in [5.74, 6) is -3.07. The molecule has 18 heavy (non-hydrogen) atoms. The molecule has 0 amide bonds. The predicted molar refractivity (Wildman–Crippen MR) is 63.4 cm³/mol. The number of benzene rings is 1. The molecule has 1 spiro atoms. The van der Waals surface area contributed by atoms with Gasteiger partial charge in [0.1, 0.15) is 0 Å². The molecule has 1 aromatic rings. The Morgan fingerprint density at radius 3 is 2.83 bits per heavy atom. The van der Waals surface area contributed by atoms with Crippen LogP contribution in [0.3, 0.4) is 0 Å². The van der Waals surface area contributed by atoms with Gasteiger partial charge in [0.05, 0.1) is 0 Å². The molecule has 1 heterocycles. The minimum atomic E-state index is -3.07. The van der Waals surface area contributed by atoms with Crippen molar-refractivity contribution in [2.24, 2.45) is 10.7 Å². The van der Waals surface area contributed by atoms with Gasteiger partial charge in [-0.2, -0.15) is 8.78 Å². The number of aliphatic imine (C=N–C) groups is 1. The summed E-state index contributed by atoms with van der Waals surface area (Å²) in [6, 6.07) is 4.87. The number of rotatable bonds is 0. The van der Waals surface area contributed by atoms with Gasteiger partial charge in [-0.1, -0.05) is 6.07 Å². The average molecular weight is 253 g/mol. The summed E-state index contributed by atoms with van der Waals surface area (Å²) in [6.07, 6.45) is 0.769. The van der Waals surface area contributed by atoms with Gasteiger partial charge in [0.15, 0.2) is 12.1 Å². The normalized spacial score (nSPS) is 28.7. The first-order chi connectivity index (χ1) is 8.45. The molecule has 0 fully saturated rings. The van der Waals surface area contributed by atoms with Gasteiger partial charge in [0.25, 0.3) is 6.02 Å². The van der Waals surface area contributed by atoms with Crippen LogP contribution in [0, 0.1) is 0 Å². The highest BCUT2D eigenvalue weighted by molar-refractivity contribution is 5.74. The Kier molecular flexibility index (Phi) is 2.09. The molecule has 2 aliphatic rings. The molecule has 1 aliphatic heterocycles. The number of alkyl halides is 2. The van der Waals surface area contributed by atoms with Crippen LogP contribution in [0.4, 0.5) is 14.5 Å². The molecule has 1 unspecified atom stereocenters. The fourth-order valence-electron chi connectivity index (χ4n) is 2.73. The van der Waals surface area contributed by atoms with Gasteiger partial charge in [0, 0.05) is 5.69 Å². The summed E-state index contributed by atoms with van der Waals surface area (Å²) < 4.78 is 33.1. The van der Waals surface area contributed by atoms with E-state index in [2.05, 4.69) is 9.73 Å². The number of nitrogens with two attached hydrogens (primary N) is 2. The van der Waals surface area contributed by atoms with E-state index in [4.69, 9.17) is 11.5 Å². The monoisotopic (exact) mass is 253 g/mol. The number of halogens is 2. The Morgan fingerprint density at radius 1 is 1.28 bits per heavy atom. The lowest BCUT2D eigenvalue weighted by molar-refractivity contribution is -0.121. The molecule has 96 valence electrons. The van der Waals surface area contributed by atoms with Gasteiger partial charge in [-0.3, -0.25) is 0 Å². The maximum absolute atomic E-state index is 14.2. The Morgan fingerprint density at radius 2 is 2.06 bits per heavy atom. The lowest BCUT2D eigenvalue weighted by atomic mass is 9.85. The van der Waals surface area contributed by atoms with Gasteiger partial charge in [-0.25, -0.2) is 4.99 Å². The summed E-state index contributed by atoms with van der Waals surface area (Å²) in [5.41, 5.74) is 11.3. The average Bonchev–Trinajstić information content (AvgIpc) is 2.65. The lowest BCUT2D eigenvalue weighted by Crippen LogP contribution is -2.51. The van der Waals surface area contributed by atoms with Gasteiger partial charge in [-0.05, 0) is 36.1 Å². The largest absolute Gasteiger partial charge is 0.459 e. The van der Waals surface area contributed by atoms with E-state index in [0.29, 0.717) is 17.7 Å².